The van der Waals surface area contributed by atoms with Crippen molar-refractivity contribution in [3.05, 3.63) is 29.8 Å². The summed E-state index contributed by atoms with van der Waals surface area (Å²) in [5.41, 5.74) is -1.05. The summed E-state index contributed by atoms with van der Waals surface area (Å²) in [6.07, 6.45) is -5.37. The first-order chi connectivity index (χ1) is 13.5. The van der Waals surface area contributed by atoms with Gasteiger partial charge in [-0.05, 0) is 38.0 Å². The summed E-state index contributed by atoms with van der Waals surface area (Å²) < 4.78 is 75.1. The zero-order chi connectivity index (χ0) is 21.4. The van der Waals surface area contributed by atoms with Crippen molar-refractivity contribution in [1.29, 1.82) is 0 Å². The molecule has 2 aliphatic rings. The van der Waals surface area contributed by atoms with Crippen molar-refractivity contribution in [2.24, 2.45) is 5.92 Å². The highest BCUT2D eigenvalue weighted by atomic mass is 32.2. The predicted octanol–water partition coefficient (Wildman–Crippen LogP) is 2.35. The standard InChI is InChI=1S/C18H20F3NO6S/c1-11-9-15(17(24)27-11)28-16(23)12-5-7-22(8-6-12)29(25,26)14-4-2-3-13(10-14)18(19,20)21/h2-4,10-12,15H,5-9H2,1H3. The molecule has 11 heteroatoms. The molecule has 7 nitrogen and oxygen atoms in total. The van der Waals surface area contributed by atoms with Crippen LogP contribution in [0.25, 0.3) is 0 Å². The van der Waals surface area contributed by atoms with Gasteiger partial charge in [-0.25, -0.2) is 13.2 Å². The molecule has 0 aliphatic carbocycles. The third-order valence-corrected chi connectivity index (χ3v) is 6.87. The Morgan fingerprint density at radius 3 is 2.45 bits per heavy atom. The van der Waals surface area contributed by atoms with Crippen LogP contribution in [0.2, 0.25) is 0 Å². The monoisotopic (exact) mass is 435 g/mol. The Morgan fingerprint density at radius 2 is 1.90 bits per heavy atom. The van der Waals surface area contributed by atoms with Gasteiger partial charge in [-0.3, -0.25) is 4.79 Å². The van der Waals surface area contributed by atoms with Crippen molar-refractivity contribution < 1.29 is 40.7 Å². The van der Waals surface area contributed by atoms with E-state index in [2.05, 4.69) is 0 Å². The number of ether oxygens (including phenoxy) is 2. The molecular formula is C18H20F3NO6S. The third kappa shape index (κ3) is 4.72. The molecular weight excluding hydrogens is 415 g/mol. The molecule has 0 N–H and O–H groups in total. The lowest BCUT2D eigenvalue weighted by atomic mass is 9.98. The van der Waals surface area contributed by atoms with Gasteiger partial charge in [-0.2, -0.15) is 17.5 Å². The summed E-state index contributed by atoms with van der Waals surface area (Å²) in [7, 11) is -4.13. The van der Waals surface area contributed by atoms with Gasteiger partial charge in [0.2, 0.25) is 16.1 Å². The Morgan fingerprint density at radius 1 is 1.24 bits per heavy atom. The molecule has 2 heterocycles. The Hall–Kier alpha value is -2.14. The molecule has 2 aliphatic heterocycles. The van der Waals surface area contributed by atoms with Crippen molar-refractivity contribution in [3.8, 4) is 0 Å². The zero-order valence-electron chi connectivity index (χ0n) is 15.5. The summed E-state index contributed by atoms with van der Waals surface area (Å²) in [6.45, 7) is 1.61. The number of hydrogen-bond acceptors (Lipinski definition) is 6. The summed E-state index contributed by atoms with van der Waals surface area (Å²) in [5, 5.41) is 0. The Balaban J connectivity index is 1.63. The maximum absolute atomic E-state index is 12.9. The van der Waals surface area contributed by atoms with Crippen LogP contribution in [0.5, 0.6) is 0 Å². The van der Waals surface area contributed by atoms with Crippen LogP contribution in [0.3, 0.4) is 0 Å². The molecule has 0 aromatic heterocycles. The number of sulfonamides is 1. The molecule has 2 unspecified atom stereocenters. The van der Waals surface area contributed by atoms with E-state index in [-0.39, 0.29) is 38.5 Å². The van der Waals surface area contributed by atoms with Crippen LogP contribution < -0.4 is 0 Å². The molecule has 1 aromatic carbocycles. The zero-order valence-corrected chi connectivity index (χ0v) is 16.3. The lowest BCUT2D eigenvalue weighted by Crippen LogP contribution is -2.41. The second-order valence-corrected chi connectivity index (χ2v) is 9.05. The van der Waals surface area contributed by atoms with E-state index in [1.54, 1.807) is 6.92 Å². The van der Waals surface area contributed by atoms with Crippen LogP contribution in [0.15, 0.2) is 29.2 Å². The van der Waals surface area contributed by atoms with Gasteiger partial charge in [0.15, 0.2) is 0 Å². The fourth-order valence-corrected chi connectivity index (χ4v) is 4.88. The van der Waals surface area contributed by atoms with Crippen molar-refractivity contribution in [3.63, 3.8) is 0 Å². The van der Waals surface area contributed by atoms with E-state index in [4.69, 9.17) is 9.47 Å². The maximum atomic E-state index is 12.9. The minimum atomic E-state index is -4.65. The van der Waals surface area contributed by atoms with Crippen LogP contribution in [0.1, 0.15) is 31.7 Å². The fourth-order valence-electron chi connectivity index (χ4n) is 3.37. The van der Waals surface area contributed by atoms with Crippen LogP contribution in [-0.2, 0) is 35.3 Å². The van der Waals surface area contributed by atoms with E-state index in [1.807, 2.05) is 0 Å². The Kier molecular flexibility index (Phi) is 5.91. The quantitative estimate of drug-likeness (QED) is 0.675. The van der Waals surface area contributed by atoms with E-state index in [1.165, 1.54) is 0 Å². The van der Waals surface area contributed by atoms with Gasteiger partial charge in [0.05, 0.1) is 16.4 Å². The molecule has 3 rings (SSSR count). The average Bonchev–Trinajstić information content (AvgIpc) is 2.98. The number of halogens is 3. The maximum Gasteiger partial charge on any atom is 0.416 e. The van der Waals surface area contributed by atoms with Gasteiger partial charge in [0, 0.05) is 19.5 Å². The van der Waals surface area contributed by atoms with E-state index >= 15 is 0 Å². The number of esters is 2. The molecule has 0 saturated carbocycles. The minimum Gasteiger partial charge on any atom is -0.460 e. The highest BCUT2D eigenvalue weighted by molar-refractivity contribution is 7.89. The van der Waals surface area contributed by atoms with Crippen molar-refractivity contribution >= 4 is 22.0 Å². The molecule has 29 heavy (non-hydrogen) atoms. The molecule has 1 aromatic rings. The topological polar surface area (TPSA) is 90.0 Å². The third-order valence-electron chi connectivity index (χ3n) is 4.97. The van der Waals surface area contributed by atoms with Gasteiger partial charge in [0.1, 0.15) is 6.10 Å². The molecule has 0 radical (unpaired) electrons. The molecule has 0 amide bonds. The number of piperidine rings is 1. The smallest absolute Gasteiger partial charge is 0.416 e. The fraction of sp³-hybridized carbons (Fsp3) is 0.556. The number of carbonyl (C=O) groups is 2. The summed E-state index contributed by atoms with van der Waals surface area (Å²) in [5.74, 6) is -1.79. The van der Waals surface area contributed by atoms with Gasteiger partial charge in [0.25, 0.3) is 0 Å². The highest BCUT2D eigenvalue weighted by Crippen LogP contribution is 2.32. The minimum absolute atomic E-state index is 0.0378. The average molecular weight is 435 g/mol. The van der Waals surface area contributed by atoms with E-state index in [9.17, 15) is 31.2 Å². The summed E-state index contributed by atoms with van der Waals surface area (Å²) >= 11 is 0. The predicted molar refractivity (Wildman–Crippen MR) is 93.0 cm³/mol. The van der Waals surface area contributed by atoms with Crippen molar-refractivity contribution in [2.75, 3.05) is 13.1 Å². The second-order valence-electron chi connectivity index (χ2n) is 7.11. The lowest BCUT2D eigenvalue weighted by Gasteiger charge is -2.30. The van der Waals surface area contributed by atoms with Crippen LogP contribution in [-0.4, -0.2) is 50.0 Å². The lowest BCUT2D eigenvalue weighted by molar-refractivity contribution is -0.164. The molecule has 160 valence electrons. The first kappa shape index (κ1) is 21.6. The number of nitrogens with zero attached hydrogens (tertiary/aromatic N) is 1. The van der Waals surface area contributed by atoms with E-state index in [0.29, 0.717) is 6.07 Å². The van der Waals surface area contributed by atoms with Crippen molar-refractivity contribution in [2.45, 2.75) is 49.5 Å². The Bertz CT molecular complexity index is 893. The number of cyclic esters (lactones) is 1. The van der Waals surface area contributed by atoms with Crippen molar-refractivity contribution in [1.82, 2.24) is 4.31 Å². The molecule has 0 spiro atoms. The van der Waals surface area contributed by atoms with E-state index < -0.39 is 50.6 Å². The summed E-state index contributed by atoms with van der Waals surface area (Å²) in [6, 6.07) is 3.55. The van der Waals surface area contributed by atoms with Gasteiger partial charge in [-0.1, -0.05) is 6.07 Å². The first-order valence-electron chi connectivity index (χ1n) is 9.07. The Labute approximate surface area is 165 Å². The number of hydrogen-bond donors (Lipinski definition) is 0. The van der Waals surface area contributed by atoms with Gasteiger partial charge >= 0.3 is 18.1 Å². The SMILES string of the molecule is CC1CC(OC(=O)C2CCN(S(=O)(=O)c3cccc(C(F)(F)F)c3)CC2)C(=O)O1. The highest BCUT2D eigenvalue weighted by Gasteiger charge is 2.39. The number of carbonyl (C=O) groups excluding carboxylic acids is 2. The molecule has 2 saturated heterocycles. The van der Waals surface area contributed by atoms with Gasteiger partial charge < -0.3 is 9.47 Å². The molecule has 0 bridgehead atoms. The van der Waals surface area contributed by atoms with Crippen LogP contribution >= 0.6 is 0 Å². The first-order valence-corrected chi connectivity index (χ1v) is 10.5. The number of alkyl halides is 3. The van der Waals surface area contributed by atoms with Crippen LogP contribution in [0, 0.1) is 5.92 Å². The normalized spacial score (nSPS) is 24.3. The van der Waals surface area contributed by atoms with E-state index in [0.717, 1.165) is 22.5 Å². The second kappa shape index (κ2) is 7.94. The number of rotatable bonds is 4. The summed E-state index contributed by atoms with van der Waals surface area (Å²) in [4.78, 5) is 23.4. The largest absolute Gasteiger partial charge is 0.460 e. The molecule has 2 fully saturated rings. The van der Waals surface area contributed by atoms with Crippen LogP contribution in [0.4, 0.5) is 13.2 Å². The van der Waals surface area contributed by atoms with Gasteiger partial charge in [-0.15, -0.1) is 0 Å². The molecule has 2 atom stereocenters. The number of benzene rings is 1.